The number of benzene rings is 2. The first-order chi connectivity index (χ1) is 12.1. The fourth-order valence-corrected chi connectivity index (χ4v) is 3.11. The van der Waals surface area contributed by atoms with Gasteiger partial charge in [0.05, 0.1) is 18.2 Å². The predicted molar refractivity (Wildman–Crippen MR) is 102 cm³/mol. The van der Waals surface area contributed by atoms with Crippen molar-refractivity contribution >= 4 is 21.8 Å². The normalized spacial score (nSPS) is 10.4. The number of halogens is 1. The Hall–Kier alpha value is -2.05. The second-order valence-corrected chi connectivity index (χ2v) is 6.28. The fraction of sp³-hybridized carbons (Fsp3) is 0.316. The lowest BCUT2D eigenvalue weighted by Gasteiger charge is -2.14. The van der Waals surface area contributed by atoms with Crippen LogP contribution in [0.5, 0.6) is 11.5 Å². The minimum atomic E-state index is -0.0777. The SMILES string of the molecule is CCOc1cc(CNCc2ccc(C(=O)NC)cc2)cc(Br)c1OC. The van der Waals surface area contributed by atoms with E-state index in [4.69, 9.17) is 9.47 Å². The van der Waals surface area contributed by atoms with Crippen LogP contribution in [0.4, 0.5) is 0 Å². The molecule has 25 heavy (non-hydrogen) atoms. The van der Waals surface area contributed by atoms with Crippen LogP contribution in [0.25, 0.3) is 0 Å². The zero-order chi connectivity index (χ0) is 18.2. The van der Waals surface area contributed by atoms with Gasteiger partial charge in [-0.3, -0.25) is 4.79 Å². The molecule has 1 amide bonds. The third kappa shape index (κ3) is 5.21. The average Bonchev–Trinajstić information content (AvgIpc) is 2.62. The summed E-state index contributed by atoms with van der Waals surface area (Å²) >= 11 is 3.52. The van der Waals surface area contributed by atoms with Crippen LogP contribution in [0.15, 0.2) is 40.9 Å². The molecule has 0 atom stereocenters. The van der Waals surface area contributed by atoms with Crippen molar-refractivity contribution in [1.82, 2.24) is 10.6 Å². The van der Waals surface area contributed by atoms with E-state index in [1.807, 2.05) is 43.3 Å². The molecular formula is C19H23BrN2O3. The molecule has 134 valence electrons. The number of hydrogen-bond acceptors (Lipinski definition) is 4. The van der Waals surface area contributed by atoms with Crippen molar-refractivity contribution in [3.63, 3.8) is 0 Å². The summed E-state index contributed by atoms with van der Waals surface area (Å²) in [6.45, 7) is 3.93. The number of methoxy groups -OCH3 is 1. The molecule has 0 saturated carbocycles. The van der Waals surface area contributed by atoms with Crippen molar-refractivity contribution in [2.75, 3.05) is 20.8 Å². The summed E-state index contributed by atoms with van der Waals surface area (Å²) in [6, 6.07) is 11.6. The molecule has 0 aliphatic carbocycles. The largest absolute Gasteiger partial charge is 0.492 e. The van der Waals surface area contributed by atoms with Crippen molar-refractivity contribution in [3.05, 3.63) is 57.6 Å². The third-order valence-corrected chi connectivity index (χ3v) is 4.26. The molecule has 0 radical (unpaired) electrons. The van der Waals surface area contributed by atoms with E-state index in [0.717, 1.165) is 21.3 Å². The number of carbonyl (C=O) groups is 1. The summed E-state index contributed by atoms with van der Waals surface area (Å²) in [5.74, 6) is 1.35. The quantitative estimate of drug-likeness (QED) is 0.703. The molecule has 0 aromatic heterocycles. The first kappa shape index (κ1) is 19.3. The maximum Gasteiger partial charge on any atom is 0.251 e. The first-order valence-electron chi connectivity index (χ1n) is 8.10. The first-order valence-corrected chi connectivity index (χ1v) is 8.89. The topological polar surface area (TPSA) is 59.6 Å². The Kier molecular flexibility index (Phi) is 7.28. The molecule has 5 nitrogen and oxygen atoms in total. The summed E-state index contributed by atoms with van der Waals surface area (Å²) in [4.78, 5) is 11.5. The van der Waals surface area contributed by atoms with Gasteiger partial charge in [0.25, 0.3) is 5.91 Å². The number of nitrogens with one attached hydrogen (secondary N) is 2. The number of carbonyl (C=O) groups excluding carboxylic acids is 1. The molecule has 2 aromatic rings. The second kappa shape index (κ2) is 9.44. The lowest BCUT2D eigenvalue weighted by atomic mass is 10.1. The van der Waals surface area contributed by atoms with Gasteiger partial charge in [-0.15, -0.1) is 0 Å². The average molecular weight is 407 g/mol. The van der Waals surface area contributed by atoms with E-state index in [1.54, 1.807) is 14.2 Å². The molecule has 0 aliphatic heterocycles. The van der Waals surface area contributed by atoms with E-state index in [0.29, 0.717) is 31.0 Å². The van der Waals surface area contributed by atoms with Crippen LogP contribution in [0, 0.1) is 0 Å². The van der Waals surface area contributed by atoms with Crippen LogP contribution < -0.4 is 20.1 Å². The summed E-state index contributed by atoms with van der Waals surface area (Å²) < 4.78 is 11.9. The van der Waals surface area contributed by atoms with E-state index >= 15 is 0 Å². The summed E-state index contributed by atoms with van der Waals surface area (Å²) in [6.07, 6.45) is 0. The van der Waals surface area contributed by atoms with Crippen LogP contribution in [0.2, 0.25) is 0 Å². The lowest BCUT2D eigenvalue weighted by molar-refractivity contribution is 0.0963. The van der Waals surface area contributed by atoms with Crippen LogP contribution >= 0.6 is 15.9 Å². The predicted octanol–water partition coefficient (Wildman–Crippen LogP) is 3.51. The van der Waals surface area contributed by atoms with Gasteiger partial charge < -0.3 is 20.1 Å². The van der Waals surface area contributed by atoms with E-state index < -0.39 is 0 Å². The molecule has 2 N–H and O–H groups in total. The molecule has 0 bridgehead atoms. The monoisotopic (exact) mass is 406 g/mol. The fourth-order valence-electron chi connectivity index (χ4n) is 2.45. The van der Waals surface area contributed by atoms with E-state index in [9.17, 15) is 4.79 Å². The van der Waals surface area contributed by atoms with E-state index in [2.05, 4.69) is 26.6 Å². The van der Waals surface area contributed by atoms with Gasteiger partial charge in [0.1, 0.15) is 0 Å². The van der Waals surface area contributed by atoms with Crippen LogP contribution in [0.3, 0.4) is 0 Å². The highest BCUT2D eigenvalue weighted by atomic mass is 79.9. The van der Waals surface area contributed by atoms with Crippen molar-refractivity contribution in [1.29, 1.82) is 0 Å². The van der Waals surface area contributed by atoms with Gasteiger partial charge in [-0.2, -0.15) is 0 Å². The van der Waals surface area contributed by atoms with Gasteiger partial charge in [-0.1, -0.05) is 12.1 Å². The summed E-state index contributed by atoms with van der Waals surface area (Å²) in [5.41, 5.74) is 2.87. The molecular weight excluding hydrogens is 384 g/mol. The van der Waals surface area contributed by atoms with Crippen molar-refractivity contribution < 1.29 is 14.3 Å². The van der Waals surface area contributed by atoms with Gasteiger partial charge in [-0.05, 0) is 58.2 Å². The highest BCUT2D eigenvalue weighted by Crippen LogP contribution is 2.36. The zero-order valence-corrected chi connectivity index (χ0v) is 16.3. The Morgan fingerprint density at radius 3 is 2.40 bits per heavy atom. The molecule has 0 fully saturated rings. The molecule has 0 spiro atoms. The smallest absolute Gasteiger partial charge is 0.251 e. The van der Waals surface area contributed by atoms with Crippen LogP contribution in [-0.2, 0) is 13.1 Å². The maximum absolute atomic E-state index is 11.5. The molecule has 2 aromatic carbocycles. The molecule has 2 rings (SSSR count). The van der Waals surface area contributed by atoms with E-state index in [-0.39, 0.29) is 5.91 Å². The summed E-state index contributed by atoms with van der Waals surface area (Å²) in [7, 11) is 3.25. The summed E-state index contributed by atoms with van der Waals surface area (Å²) in [5, 5.41) is 6.01. The van der Waals surface area contributed by atoms with Crippen molar-refractivity contribution in [2.24, 2.45) is 0 Å². The number of ether oxygens (including phenoxy) is 2. The van der Waals surface area contributed by atoms with Crippen LogP contribution in [0.1, 0.15) is 28.4 Å². The van der Waals surface area contributed by atoms with Gasteiger partial charge in [-0.25, -0.2) is 0 Å². The minimum Gasteiger partial charge on any atom is -0.492 e. The Balaban J connectivity index is 1.98. The minimum absolute atomic E-state index is 0.0777. The van der Waals surface area contributed by atoms with Gasteiger partial charge in [0.2, 0.25) is 0 Å². The molecule has 0 aliphatic rings. The lowest BCUT2D eigenvalue weighted by Crippen LogP contribution is -2.18. The van der Waals surface area contributed by atoms with Gasteiger partial charge in [0, 0.05) is 25.7 Å². The second-order valence-electron chi connectivity index (χ2n) is 5.42. The number of hydrogen-bond donors (Lipinski definition) is 2. The molecule has 0 saturated heterocycles. The van der Waals surface area contributed by atoms with Gasteiger partial charge in [0.15, 0.2) is 11.5 Å². The molecule has 6 heteroatoms. The van der Waals surface area contributed by atoms with E-state index in [1.165, 1.54) is 0 Å². The Morgan fingerprint density at radius 2 is 1.80 bits per heavy atom. The van der Waals surface area contributed by atoms with Crippen molar-refractivity contribution in [3.8, 4) is 11.5 Å². The maximum atomic E-state index is 11.5. The highest BCUT2D eigenvalue weighted by Gasteiger charge is 2.11. The number of amides is 1. The zero-order valence-electron chi connectivity index (χ0n) is 14.7. The Morgan fingerprint density at radius 1 is 1.12 bits per heavy atom. The van der Waals surface area contributed by atoms with Crippen LogP contribution in [-0.4, -0.2) is 26.7 Å². The third-order valence-electron chi connectivity index (χ3n) is 3.67. The van der Waals surface area contributed by atoms with Crippen molar-refractivity contribution in [2.45, 2.75) is 20.0 Å². The standard InChI is InChI=1S/C19H23BrN2O3/c1-4-25-17-10-14(9-16(20)18(17)24-3)12-22-11-13-5-7-15(8-6-13)19(23)21-2/h5-10,22H,4,11-12H2,1-3H3,(H,21,23). The Bertz CT molecular complexity index is 717. The van der Waals surface area contributed by atoms with Gasteiger partial charge >= 0.3 is 0 Å². The molecule has 0 unspecified atom stereocenters. The molecule has 0 heterocycles. The number of rotatable bonds is 8. The Labute approximate surface area is 156 Å². The highest BCUT2D eigenvalue weighted by molar-refractivity contribution is 9.10.